The van der Waals surface area contributed by atoms with Crippen LogP contribution in [0.15, 0.2) is 134 Å². The highest BCUT2D eigenvalue weighted by molar-refractivity contribution is 7.99. The van der Waals surface area contributed by atoms with Crippen molar-refractivity contribution < 1.29 is 14.4 Å². The van der Waals surface area contributed by atoms with E-state index in [2.05, 4.69) is 24.2 Å². The van der Waals surface area contributed by atoms with Crippen LogP contribution in [0.25, 0.3) is 0 Å². The fourth-order valence-corrected chi connectivity index (χ4v) is 5.49. The van der Waals surface area contributed by atoms with Crippen molar-refractivity contribution in [2.45, 2.75) is 58.6 Å². The normalized spacial score (nSPS) is 11.3. The minimum absolute atomic E-state index is 0.217. The second kappa shape index (κ2) is 15.1. The number of oxime groups is 1. The second-order valence-corrected chi connectivity index (χ2v) is 11.2. The molecule has 0 unspecified atom stereocenters. The quantitative estimate of drug-likeness (QED) is 0.0543. The van der Waals surface area contributed by atoms with Gasteiger partial charge in [0.1, 0.15) is 5.71 Å². The number of Topliss-reactive ketones (excluding diaryl/α,β-unsaturated/α-hetero) is 1. The summed E-state index contributed by atoms with van der Waals surface area (Å²) in [6.45, 7) is 2.14. The minimum Gasteiger partial charge on any atom is -0.312 e. The summed E-state index contributed by atoms with van der Waals surface area (Å²) in [6.07, 6.45) is 4.43. The SMILES string of the molecule is CCCCCC/C(=N\OC(=O)c1ccc(Sc2ccccc2)cc1)C(=O)c1ccc(Sc2ccccc2)cc1. The first-order valence-corrected chi connectivity index (χ1v) is 14.7. The fourth-order valence-electron chi connectivity index (χ4n) is 3.82. The summed E-state index contributed by atoms with van der Waals surface area (Å²) in [5.41, 5.74) is 1.18. The van der Waals surface area contributed by atoms with E-state index >= 15 is 0 Å². The second-order valence-electron chi connectivity index (χ2n) is 8.94. The largest absolute Gasteiger partial charge is 0.365 e. The molecule has 0 spiro atoms. The van der Waals surface area contributed by atoms with E-state index in [0.29, 0.717) is 17.5 Å². The van der Waals surface area contributed by atoms with Crippen LogP contribution >= 0.6 is 23.5 Å². The lowest BCUT2D eigenvalue weighted by Gasteiger charge is -2.08. The number of carbonyl (C=O) groups excluding carboxylic acids is 2. The van der Waals surface area contributed by atoms with Crippen molar-refractivity contribution in [1.29, 1.82) is 0 Å². The van der Waals surface area contributed by atoms with Gasteiger partial charge in [0.15, 0.2) is 0 Å². The van der Waals surface area contributed by atoms with E-state index in [1.165, 1.54) is 0 Å². The number of rotatable bonds is 13. The van der Waals surface area contributed by atoms with Gasteiger partial charge < -0.3 is 4.84 Å². The first-order chi connectivity index (χ1) is 19.1. The standard InChI is InChI=1S/C33H31NO3S2/c1-2-3-4-11-16-31(32(35)25-17-21-29(22-18-25)38-27-12-7-5-8-13-27)34-37-33(36)26-19-23-30(24-20-26)39-28-14-9-6-10-15-28/h5-10,12-15,17-24H,2-4,11,16H2,1H3/b34-31+. The molecular formula is C33H31NO3S2. The van der Waals surface area contributed by atoms with Gasteiger partial charge in [-0.25, -0.2) is 4.79 Å². The zero-order valence-corrected chi connectivity index (χ0v) is 23.5. The molecule has 0 amide bonds. The molecule has 198 valence electrons. The first kappa shape index (κ1) is 28.4. The zero-order valence-electron chi connectivity index (χ0n) is 21.9. The van der Waals surface area contributed by atoms with Crippen molar-refractivity contribution in [3.05, 3.63) is 120 Å². The topological polar surface area (TPSA) is 55.7 Å². The summed E-state index contributed by atoms with van der Waals surface area (Å²) in [5.74, 6) is -0.801. The van der Waals surface area contributed by atoms with Crippen LogP contribution in [0.2, 0.25) is 0 Å². The molecule has 0 bridgehead atoms. The van der Waals surface area contributed by atoms with Crippen LogP contribution in [0.3, 0.4) is 0 Å². The molecule has 0 aliphatic rings. The van der Waals surface area contributed by atoms with Gasteiger partial charge in [-0.2, -0.15) is 0 Å². The highest BCUT2D eigenvalue weighted by Gasteiger charge is 2.17. The lowest BCUT2D eigenvalue weighted by Crippen LogP contribution is -2.16. The summed E-state index contributed by atoms with van der Waals surface area (Å²) < 4.78 is 0. The predicted octanol–water partition coefficient (Wildman–Crippen LogP) is 9.36. The Kier molecular flexibility index (Phi) is 11.0. The van der Waals surface area contributed by atoms with Crippen molar-refractivity contribution in [3.8, 4) is 0 Å². The van der Waals surface area contributed by atoms with Crippen molar-refractivity contribution in [1.82, 2.24) is 0 Å². The summed E-state index contributed by atoms with van der Waals surface area (Å²) in [4.78, 5) is 35.6. The number of unbranched alkanes of at least 4 members (excludes halogenated alkanes) is 3. The summed E-state index contributed by atoms with van der Waals surface area (Å²) >= 11 is 3.25. The molecule has 4 aromatic rings. The fraction of sp³-hybridized carbons (Fsp3) is 0.182. The number of carbonyl (C=O) groups is 2. The number of hydrogen-bond acceptors (Lipinski definition) is 6. The third-order valence-electron chi connectivity index (χ3n) is 5.93. The number of ketones is 1. The number of benzene rings is 4. The van der Waals surface area contributed by atoms with Crippen molar-refractivity contribution in [2.24, 2.45) is 5.16 Å². The van der Waals surface area contributed by atoms with Gasteiger partial charge in [-0.1, -0.05) is 91.3 Å². The van der Waals surface area contributed by atoms with E-state index < -0.39 is 5.97 Å². The summed E-state index contributed by atoms with van der Waals surface area (Å²) in [6, 6.07) is 34.8. The molecular weight excluding hydrogens is 523 g/mol. The van der Waals surface area contributed by atoms with E-state index in [1.807, 2.05) is 72.8 Å². The highest BCUT2D eigenvalue weighted by Crippen LogP contribution is 2.28. The molecule has 4 nitrogen and oxygen atoms in total. The zero-order chi connectivity index (χ0) is 27.3. The maximum absolute atomic E-state index is 13.3. The molecule has 0 fully saturated rings. The third-order valence-corrected chi connectivity index (χ3v) is 7.96. The minimum atomic E-state index is -0.584. The maximum Gasteiger partial charge on any atom is 0.365 e. The van der Waals surface area contributed by atoms with Gasteiger partial charge >= 0.3 is 5.97 Å². The van der Waals surface area contributed by atoms with E-state index in [1.54, 1.807) is 47.8 Å². The average molecular weight is 554 g/mol. The van der Waals surface area contributed by atoms with Crippen molar-refractivity contribution in [2.75, 3.05) is 0 Å². The lowest BCUT2D eigenvalue weighted by atomic mass is 10.0. The third kappa shape index (κ3) is 8.98. The van der Waals surface area contributed by atoms with Crippen LogP contribution in [-0.4, -0.2) is 17.5 Å². The van der Waals surface area contributed by atoms with Crippen molar-refractivity contribution >= 4 is 41.0 Å². The molecule has 0 saturated heterocycles. The molecule has 0 radical (unpaired) electrons. The Hall–Kier alpha value is -3.61. The Morgan fingerprint density at radius 2 is 1.10 bits per heavy atom. The van der Waals surface area contributed by atoms with Crippen LogP contribution in [-0.2, 0) is 4.84 Å². The van der Waals surface area contributed by atoms with E-state index in [9.17, 15) is 9.59 Å². The average Bonchev–Trinajstić information content (AvgIpc) is 2.98. The van der Waals surface area contributed by atoms with Crippen LogP contribution in [0.5, 0.6) is 0 Å². The molecule has 0 heterocycles. The van der Waals surface area contributed by atoms with Gasteiger partial charge in [-0.05, 0) is 85.6 Å². The van der Waals surface area contributed by atoms with Crippen LogP contribution < -0.4 is 0 Å². The molecule has 6 heteroatoms. The Morgan fingerprint density at radius 3 is 1.62 bits per heavy atom. The molecule has 4 rings (SSSR count). The molecule has 39 heavy (non-hydrogen) atoms. The smallest absolute Gasteiger partial charge is 0.312 e. The Labute approximate surface area is 238 Å². The molecule has 0 saturated carbocycles. The van der Waals surface area contributed by atoms with E-state index in [0.717, 1.165) is 45.3 Å². The molecule has 4 aromatic carbocycles. The van der Waals surface area contributed by atoms with E-state index in [-0.39, 0.29) is 11.5 Å². The monoisotopic (exact) mass is 553 g/mol. The van der Waals surface area contributed by atoms with Gasteiger partial charge in [0.25, 0.3) is 0 Å². The molecule has 0 N–H and O–H groups in total. The predicted molar refractivity (Wildman–Crippen MR) is 160 cm³/mol. The number of hydrogen-bond donors (Lipinski definition) is 0. The Morgan fingerprint density at radius 1 is 0.615 bits per heavy atom. The Balaban J connectivity index is 1.42. The molecule has 0 aliphatic carbocycles. The summed E-state index contributed by atoms with van der Waals surface area (Å²) in [5, 5.41) is 4.06. The van der Waals surface area contributed by atoms with Crippen molar-refractivity contribution in [3.63, 3.8) is 0 Å². The Bertz CT molecular complexity index is 1370. The molecule has 0 aromatic heterocycles. The highest BCUT2D eigenvalue weighted by atomic mass is 32.2. The lowest BCUT2D eigenvalue weighted by molar-refractivity contribution is 0.0514. The van der Waals surface area contributed by atoms with Crippen LogP contribution in [0, 0.1) is 0 Å². The van der Waals surface area contributed by atoms with Gasteiger partial charge in [0.05, 0.1) is 5.56 Å². The maximum atomic E-state index is 13.3. The van der Waals surface area contributed by atoms with Gasteiger partial charge in [-0.15, -0.1) is 0 Å². The first-order valence-electron chi connectivity index (χ1n) is 13.1. The molecule has 0 atom stereocenters. The van der Waals surface area contributed by atoms with Crippen LogP contribution in [0.4, 0.5) is 0 Å². The van der Waals surface area contributed by atoms with Gasteiger partial charge in [0, 0.05) is 25.1 Å². The van der Waals surface area contributed by atoms with E-state index in [4.69, 9.17) is 4.84 Å². The van der Waals surface area contributed by atoms with Gasteiger partial charge in [0.2, 0.25) is 5.78 Å². The summed E-state index contributed by atoms with van der Waals surface area (Å²) in [7, 11) is 0. The molecule has 0 aliphatic heterocycles. The van der Waals surface area contributed by atoms with Crippen LogP contribution in [0.1, 0.15) is 59.7 Å². The number of nitrogens with zero attached hydrogens (tertiary/aromatic N) is 1. The van der Waals surface area contributed by atoms with Gasteiger partial charge in [-0.3, -0.25) is 4.79 Å².